The van der Waals surface area contributed by atoms with Crippen molar-refractivity contribution >= 4 is 41.7 Å². The van der Waals surface area contributed by atoms with Crippen molar-refractivity contribution in [2.75, 3.05) is 39.0 Å². The van der Waals surface area contributed by atoms with Crippen LogP contribution in [0.4, 0.5) is 0 Å². The minimum atomic E-state index is -0.638. The number of hydrogen-bond acceptors (Lipinski definition) is 4. The van der Waals surface area contributed by atoms with Crippen LogP contribution in [0.5, 0.6) is 5.75 Å². The number of guanidine groups is 1. The van der Waals surface area contributed by atoms with E-state index in [9.17, 15) is 5.11 Å². The van der Waals surface area contributed by atoms with Gasteiger partial charge in [-0.05, 0) is 38.5 Å². The van der Waals surface area contributed by atoms with Gasteiger partial charge < -0.3 is 20.1 Å². The lowest BCUT2D eigenvalue weighted by atomic mass is 10.1. The van der Waals surface area contributed by atoms with E-state index in [-0.39, 0.29) is 28.7 Å². The van der Waals surface area contributed by atoms with Gasteiger partial charge in [-0.15, -0.1) is 24.0 Å². The standard InChI is InChI=1S/C18H29N3O2S.HI/c1-5-19-17(21-9-10-24-18(2,3)13-21)20-12-16(22)14-7-6-8-15(11-14)23-4;/h6-8,11,16,22H,5,9-10,12-13H2,1-4H3,(H,19,20);1H. The van der Waals surface area contributed by atoms with E-state index in [1.165, 1.54) is 0 Å². The van der Waals surface area contributed by atoms with Gasteiger partial charge in [-0.1, -0.05) is 12.1 Å². The Morgan fingerprint density at radius 3 is 2.88 bits per heavy atom. The number of aliphatic hydroxyl groups is 1. The number of rotatable bonds is 5. The van der Waals surface area contributed by atoms with Gasteiger partial charge in [0.2, 0.25) is 0 Å². The van der Waals surface area contributed by atoms with Gasteiger partial charge in [-0.3, -0.25) is 4.99 Å². The third-order valence-electron chi connectivity index (χ3n) is 3.95. The van der Waals surface area contributed by atoms with Crippen LogP contribution >= 0.6 is 35.7 Å². The zero-order valence-electron chi connectivity index (χ0n) is 15.5. The molecule has 0 amide bonds. The van der Waals surface area contributed by atoms with Gasteiger partial charge in [0.15, 0.2) is 5.96 Å². The fourth-order valence-electron chi connectivity index (χ4n) is 2.75. The molecule has 1 aromatic rings. The number of aliphatic imine (C=N–C) groups is 1. The lowest BCUT2D eigenvalue weighted by Gasteiger charge is -2.39. The van der Waals surface area contributed by atoms with Crippen molar-refractivity contribution in [3.63, 3.8) is 0 Å². The number of hydrogen-bond donors (Lipinski definition) is 2. The Bertz CT molecular complexity index is 569. The summed E-state index contributed by atoms with van der Waals surface area (Å²) in [7, 11) is 1.63. The number of aliphatic hydroxyl groups excluding tert-OH is 1. The first kappa shape index (κ1) is 22.4. The molecule has 0 aliphatic carbocycles. The minimum Gasteiger partial charge on any atom is -0.497 e. The Balaban J connectivity index is 0.00000312. The molecule has 2 N–H and O–H groups in total. The summed E-state index contributed by atoms with van der Waals surface area (Å²) >= 11 is 2.00. The Morgan fingerprint density at radius 2 is 2.24 bits per heavy atom. The van der Waals surface area contributed by atoms with Gasteiger partial charge in [-0.25, -0.2) is 0 Å². The third-order valence-corrected chi connectivity index (χ3v) is 5.25. The molecule has 0 spiro atoms. The summed E-state index contributed by atoms with van der Waals surface area (Å²) in [5.74, 6) is 2.72. The van der Waals surface area contributed by atoms with Crippen LogP contribution in [0, 0.1) is 0 Å². The zero-order valence-corrected chi connectivity index (χ0v) is 18.6. The van der Waals surface area contributed by atoms with Crippen LogP contribution in [-0.2, 0) is 0 Å². The second-order valence-electron chi connectivity index (χ2n) is 6.52. The van der Waals surface area contributed by atoms with Gasteiger partial charge in [0.05, 0.1) is 19.8 Å². The zero-order chi connectivity index (χ0) is 17.6. The molecule has 0 aromatic heterocycles. The molecule has 2 rings (SSSR count). The molecule has 0 bridgehead atoms. The van der Waals surface area contributed by atoms with E-state index in [1.54, 1.807) is 7.11 Å². The van der Waals surface area contributed by atoms with Gasteiger partial charge in [0, 0.05) is 30.1 Å². The van der Waals surface area contributed by atoms with Crippen LogP contribution in [0.2, 0.25) is 0 Å². The Morgan fingerprint density at radius 1 is 1.48 bits per heavy atom. The second kappa shape index (κ2) is 10.5. The Labute approximate surface area is 172 Å². The van der Waals surface area contributed by atoms with Gasteiger partial charge in [0.1, 0.15) is 5.75 Å². The molecule has 1 aliphatic heterocycles. The van der Waals surface area contributed by atoms with Crippen LogP contribution in [0.1, 0.15) is 32.4 Å². The molecule has 1 heterocycles. The lowest BCUT2D eigenvalue weighted by Crippen LogP contribution is -2.51. The molecule has 1 saturated heterocycles. The molecule has 7 heteroatoms. The number of ether oxygens (including phenoxy) is 1. The molecule has 1 fully saturated rings. The first-order valence-corrected chi connectivity index (χ1v) is 9.43. The molecule has 1 aromatic carbocycles. The number of nitrogens with one attached hydrogen (secondary N) is 1. The molecule has 25 heavy (non-hydrogen) atoms. The number of nitrogens with zero attached hydrogens (tertiary/aromatic N) is 2. The van der Waals surface area contributed by atoms with Crippen molar-refractivity contribution in [1.29, 1.82) is 0 Å². The average molecular weight is 479 g/mol. The second-order valence-corrected chi connectivity index (χ2v) is 8.32. The smallest absolute Gasteiger partial charge is 0.194 e. The largest absolute Gasteiger partial charge is 0.497 e. The van der Waals surface area contributed by atoms with Crippen LogP contribution in [0.25, 0.3) is 0 Å². The van der Waals surface area contributed by atoms with Crippen LogP contribution in [-0.4, -0.2) is 59.8 Å². The lowest BCUT2D eigenvalue weighted by molar-refractivity contribution is 0.186. The van der Waals surface area contributed by atoms with Crippen LogP contribution in [0.15, 0.2) is 29.3 Å². The normalized spacial score (nSPS) is 18.3. The van der Waals surface area contributed by atoms with Crippen molar-refractivity contribution in [2.24, 2.45) is 4.99 Å². The summed E-state index contributed by atoms with van der Waals surface area (Å²) in [4.78, 5) is 6.96. The molecule has 1 atom stereocenters. The molecule has 0 saturated carbocycles. The minimum absolute atomic E-state index is 0. The van der Waals surface area contributed by atoms with Gasteiger partial charge >= 0.3 is 0 Å². The summed E-state index contributed by atoms with van der Waals surface area (Å²) in [5, 5.41) is 13.8. The van der Waals surface area contributed by atoms with E-state index in [4.69, 9.17) is 4.74 Å². The predicted octanol–water partition coefficient (Wildman–Crippen LogP) is 3.14. The van der Waals surface area contributed by atoms with Crippen molar-refractivity contribution < 1.29 is 9.84 Å². The molecule has 1 unspecified atom stereocenters. The van der Waals surface area contributed by atoms with Crippen molar-refractivity contribution in [2.45, 2.75) is 31.6 Å². The SMILES string of the molecule is CCNC(=NCC(O)c1cccc(OC)c1)N1CCSC(C)(C)C1.I. The molecule has 142 valence electrons. The summed E-state index contributed by atoms with van der Waals surface area (Å²) in [6.45, 7) is 9.68. The van der Waals surface area contributed by atoms with E-state index in [0.29, 0.717) is 6.54 Å². The summed E-state index contributed by atoms with van der Waals surface area (Å²) in [6, 6.07) is 7.51. The highest BCUT2D eigenvalue weighted by Gasteiger charge is 2.28. The summed E-state index contributed by atoms with van der Waals surface area (Å²) in [5.41, 5.74) is 0.823. The van der Waals surface area contributed by atoms with Crippen molar-refractivity contribution in [3.05, 3.63) is 29.8 Å². The Kier molecular flexibility index (Phi) is 9.37. The molecular formula is C18H30IN3O2S. The van der Waals surface area contributed by atoms with E-state index in [0.717, 1.165) is 42.7 Å². The maximum atomic E-state index is 10.4. The quantitative estimate of drug-likeness (QED) is 0.386. The van der Waals surface area contributed by atoms with Crippen LogP contribution < -0.4 is 10.1 Å². The molecule has 1 aliphatic rings. The molecule has 0 radical (unpaired) electrons. The maximum absolute atomic E-state index is 10.4. The van der Waals surface area contributed by atoms with E-state index in [2.05, 4.69) is 36.0 Å². The fourth-order valence-corrected chi connectivity index (χ4v) is 3.86. The van der Waals surface area contributed by atoms with E-state index in [1.807, 2.05) is 36.0 Å². The number of methoxy groups -OCH3 is 1. The number of halogens is 1. The third kappa shape index (κ3) is 6.86. The predicted molar refractivity (Wildman–Crippen MR) is 117 cm³/mol. The van der Waals surface area contributed by atoms with Crippen LogP contribution in [0.3, 0.4) is 0 Å². The molecular weight excluding hydrogens is 449 g/mol. The topological polar surface area (TPSA) is 57.1 Å². The monoisotopic (exact) mass is 479 g/mol. The van der Waals surface area contributed by atoms with Gasteiger partial charge in [0.25, 0.3) is 0 Å². The van der Waals surface area contributed by atoms with E-state index >= 15 is 0 Å². The summed E-state index contributed by atoms with van der Waals surface area (Å²) in [6.07, 6.45) is -0.638. The number of thioether (sulfide) groups is 1. The molecule has 5 nitrogen and oxygen atoms in total. The fraction of sp³-hybridized carbons (Fsp3) is 0.611. The average Bonchev–Trinajstić information content (AvgIpc) is 2.57. The first-order chi connectivity index (χ1) is 11.4. The first-order valence-electron chi connectivity index (χ1n) is 8.44. The van der Waals surface area contributed by atoms with Crippen molar-refractivity contribution in [3.8, 4) is 5.75 Å². The highest BCUT2D eigenvalue weighted by Crippen LogP contribution is 2.29. The Hall–Kier alpha value is -0.670. The van der Waals surface area contributed by atoms with Crippen molar-refractivity contribution in [1.82, 2.24) is 10.2 Å². The van der Waals surface area contributed by atoms with Gasteiger partial charge in [-0.2, -0.15) is 11.8 Å². The van der Waals surface area contributed by atoms with E-state index < -0.39 is 6.10 Å². The summed E-state index contributed by atoms with van der Waals surface area (Å²) < 4.78 is 5.44. The number of benzene rings is 1. The maximum Gasteiger partial charge on any atom is 0.194 e. The highest BCUT2D eigenvalue weighted by atomic mass is 127. The highest BCUT2D eigenvalue weighted by molar-refractivity contribution is 14.0.